The summed E-state index contributed by atoms with van der Waals surface area (Å²) in [5.41, 5.74) is 5.44. The second-order valence-corrected chi connectivity index (χ2v) is 14.5. The Balaban J connectivity index is 0.000000164. The van der Waals surface area contributed by atoms with E-state index in [-0.39, 0.29) is 92.6 Å². The van der Waals surface area contributed by atoms with Crippen LogP contribution in [0.25, 0.3) is 21.8 Å². The third-order valence-corrected chi connectivity index (χ3v) is 9.88. The summed E-state index contributed by atoms with van der Waals surface area (Å²) in [6.45, 7) is 0. The number of nitrogens with zero attached hydrogens (tertiary/aromatic N) is 2. The molecular formula is C57H44N2O6Tb+3. The second-order valence-electron chi connectivity index (χ2n) is 14.5. The fraction of sp³-hybridized carbons (Fsp3) is 0.0526. The standard InChI is InChI=1S/3C15H12O2.C12H8N2.Tb/c3*16-14(12-7-3-1-4-8-12)11-15(17)13-9-5-2-6-10-13;1-3-9-5-6-10-4-2-8-14-12(10)11(9)13-7-1;/h3*1-10H,11H2;1-8H;/q;;;;+3. The molecule has 9 aromatic rings. The number of carbonyl (C=O) groups excluding carboxylic acids is 6. The predicted octanol–water partition coefficient (Wildman–Crippen LogP) is 12.2. The van der Waals surface area contributed by atoms with Crippen molar-refractivity contribution < 1.29 is 67.4 Å². The predicted molar refractivity (Wildman–Crippen MR) is 256 cm³/mol. The van der Waals surface area contributed by atoms with Gasteiger partial charge in [0.05, 0.1) is 30.3 Å². The first-order valence-electron chi connectivity index (χ1n) is 20.8. The van der Waals surface area contributed by atoms with Crippen LogP contribution in [0.5, 0.6) is 0 Å². The van der Waals surface area contributed by atoms with Gasteiger partial charge in [-0.2, -0.15) is 0 Å². The maximum absolute atomic E-state index is 11.8. The molecule has 0 aliphatic carbocycles. The fourth-order valence-corrected chi connectivity index (χ4v) is 6.47. The molecule has 9 rings (SSSR count). The van der Waals surface area contributed by atoms with Crippen molar-refractivity contribution >= 4 is 56.5 Å². The molecular weight excluding hydrogens is 968 g/mol. The molecule has 0 spiro atoms. The Morgan fingerprint density at radius 2 is 0.455 bits per heavy atom. The van der Waals surface area contributed by atoms with Crippen molar-refractivity contribution in [2.24, 2.45) is 0 Å². The van der Waals surface area contributed by atoms with Gasteiger partial charge in [0.25, 0.3) is 0 Å². The minimum atomic E-state index is -0.139. The van der Waals surface area contributed by atoms with Crippen molar-refractivity contribution in [3.05, 3.63) is 264 Å². The Labute approximate surface area is 414 Å². The number of hydrogen-bond donors (Lipinski definition) is 0. The topological polar surface area (TPSA) is 128 Å². The molecule has 0 radical (unpaired) electrons. The van der Waals surface area contributed by atoms with E-state index in [4.69, 9.17) is 0 Å². The Morgan fingerprint density at radius 1 is 0.258 bits per heavy atom. The van der Waals surface area contributed by atoms with E-state index in [0.29, 0.717) is 33.4 Å². The molecule has 0 saturated carbocycles. The number of rotatable bonds is 12. The summed E-state index contributed by atoms with van der Waals surface area (Å²) in [5, 5.41) is 2.28. The Bertz CT molecular complexity index is 2550. The average Bonchev–Trinajstić information content (AvgIpc) is 3.38. The zero-order valence-corrected chi connectivity index (χ0v) is 37.9. The summed E-state index contributed by atoms with van der Waals surface area (Å²) in [7, 11) is 0. The molecule has 66 heavy (non-hydrogen) atoms. The molecule has 324 valence electrons. The molecule has 2 heterocycles. The van der Waals surface area contributed by atoms with Crippen LogP contribution >= 0.6 is 0 Å². The SMILES string of the molecule is O=C(CC(=O)c1ccccc1)c1ccccc1.O=C(CC(=O)c1ccccc1)c1ccccc1.O=C(CC(=O)c1ccccc1)c1ccccc1.[Tb+3].c1cnc2c(c1)ccc1cccnc12. The normalized spacial score (nSPS) is 9.94. The van der Waals surface area contributed by atoms with Crippen LogP contribution in [0, 0.1) is 38.6 Å². The molecule has 0 unspecified atom stereocenters. The third kappa shape index (κ3) is 15.1. The Hall–Kier alpha value is -7.33. The summed E-state index contributed by atoms with van der Waals surface area (Å²) < 4.78 is 0. The van der Waals surface area contributed by atoms with Gasteiger partial charge in [0.1, 0.15) is 0 Å². The van der Waals surface area contributed by atoms with Gasteiger partial charge in [0.15, 0.2) is 34.7 Å². The van der Waals surface area contributed by atoms with Crippen LogP contribution in [0.2, 0.25) is 0 Å². The van der Waals surface area contributed by atoms with Crippen molar-refractivity contribution in [3.8, 4) is 0 Å². The first-order valence-corrected chi connectivity index (χ1v) is 20.8. The molecule has 0 bridgehead atoms. The molecule has 0 atom stereocenters. The van der Waals surface area contributed by atoms with Gasteiger partial charge in [0.2, 0.25) is 0 Å². The number of hydrogen-bond acceptors (Lipinski definition) is 8. The molecule has 8 nitrogen and oxygen atoms in total. The molecule has 9 heteroatoms. The van der Waals surface area contributed by atoms with E-state index in [0.717, 1.165) is 21.8 Å². The largest absolute Gasteiger partial charge is 3.00 e. The molecule has 0 N–H and O–H groups in total. The monoisotopic (exact) mass is 1010 g/mol. The van der Waals surface area contributed by atoms with Crippen LogP contribution in [-0.2, 0) is 0 Å². The number of Topliss-reactive ketones (excluding diaryl/α,β-unsaturated/α-hetero) is 6. The number of benzene rings is 7. The van der Waals surface area contributed by atoms with Gasteiger partial charge in [-0.1, -0.05) is 206 Å². The van der Waals surface area contributed by atoms with Crippen molar-refractivity contribution in [1.82, 2.24) is 9.97 Å². The molecule has 0 amide bonds. The second kappa shape index (κ2) is 26.5. The first-order chi connectivity index (χ1) is 31.8. The van der Waals surface area contributed by atoms with Crippen molar-refractivity contribution in [1.29, 1.82) is 0 Å². The smallest absolute Gasteiger partial charge is 0.294 e. The van der Waals surface area contributed by atoms with Gasteiger partial charge in [-0.25, -0.2) is 0 Å². The fourth-order valence-electron chi connectivity index (χ4n) is 6.47. The quantitative estimate of drug-likeness (QED) is 0.0672. The van der Waals surface area contributed by atoms with Crippen LogP contribution in [-0.4, -0.2) is 44.7 Å². The third-order valence-electron chi connectivity index (χ3n) is 9.88. The van der Waals surface area contributed by atoms with E-state index in [1.165, 1.54) is 0 Å². The summed E-state index contributed by atoms with van der Waals surface area (Å²) in [6, 6.07) is 65.4. The number of pyridine rings is 2. The summed E-state index contributed by atoms with van der Waals surface area (Å²) >= 11 is 0. The zero-order valence-electron chi connectivity index (χ0n) is 35.7. The van der Waals surface area contributed by atoms with Gasteiger partial charge in [-0.3, -0.25) is 38.7 Å². The van der Waals surface area contributed by atoms with Gasteiger partial charge in [0, 0.05) is 56.5 Å². The van der Waals surface area contributed by atoms with E-state index < -0.39 is 0 Å². The minimum absolute atomic E-state index is 0. The van der Waals surface area contributed by atoms with Crippen LogP contribution in [0.15, 0.2) is 231 Å². The molecule has 2 aromatic heterocycles. The van der Waals surface area contributed by atoms with Gasteiger partial charge < -0.3 is 0 Å². The van der Waals surface area contributed by atoms with Gasteiger partial charge in [-0.05, 0) is 12.1 Å². The molecule has 0 aliphatic rings. The van der Waals surface area contributed by atoms with E-state index in [1.807, 2.05) is 48.5 Å². The van der Waals surface area contributed by atoms with E-state index in [2.05, 4.69) is 34.2 Å². The van der Waals surface area contributed by atoms with Crippen molar-refractivity contribution in [3.63, 3.8) is 0 Å². The number of aromatic nitrogens is 2. The Morgan fingerprint density at radius 3 is 0.652 bits per heavy atom. The van der Waals surface area contributed by atoms with Crippen LogP contribution < -0.4 is 0 Å². The van der Waals surface area contributed by atoms with E-state index in [1.54, 1.807) is 158 Å². The van der Waals surface area contributed by atoms with Crippen molar-refractivity contribution in [2.75, 3.05) is 0 Å². The summed E-state index contributed by atoms with van der Waals surface area (Å²) in [5.74, 6) is -0.836. The number of ketones is 6. The van der Waals surface area contributed by atoms with Gasteiger partial charge in [-0.15, -0.1) is 0 Å². The molecule has 0 fully saturated rings. The van der Waals surface area contributed by atoms with Crippen LogP contribution in [0.4, 0.5) is 0 Å². The summed E-state index contributed by atoms with van der Waals surface area (Å²) in [6.07, 6.45) is 3.38. The average molecular weight is 1010 g/mol. The van der Waals surface area contributed by atoms with Crippen LogP contribution in [0.1, 0.15) is 81.4 Å². The molecule has 0 aliphatic heterocycles. The minimum Gasteiger partial charge on any atom is -0.294 e. The number of fused-ring (bicyclic) bond motifs is 3. The van der Waals surface area contributed by atoms with Gasteiger partial charge >= 0.3 is 38.6 Å². The van der Waals surface area contributed by atoms with Crippen molar-refractivity contribution in [2.45, 2.75) is 19.3 Å². The van der Waals surface area contributed by atoms with Crippen LogP contribution in [0.3, 0.4) is 0 Å². The van der Waals surface area contributed by atoms with E-state index >= 15 is 0 Å². The molecule has 7 aromatic carbocycles. The number of carbonyl (C=O) groups is 6. The molecule has 0 saturated heterocycles. The van der Waals surface area contributed by atoms with E-state index in [9.17, 15) is 28.8 Å². The maximum Gasteiger partial charge on any atom is 3.00 e. The summed E-state index contributed by atoms with van der Waals surface area (Å²) in [4.78, 5) is 79.5. The Kier molecular flexibility index (Phi) is 19.9. The first kappa shape index (κ1) is 49.7. The maximum atomic E-state index is 11.8. The zero-order chi connectivity index (χ0) is 45.6.